The van der Waals surface area contributed by atoms with Gasteiger partial charge in [-0.05, 0) is 38.3 Å². The molecule has 3 rings (SSSR count). The van der Waals surface area contributed by atoms with Crippen molar-refractivity contribution in [3.63, 3.8) is 0 Å². The highest BCUT2D eigenvalue weighted by molar-refractivity contribution is 5.14. The van der Waals surface area contributed by atoms with Gasteiger partial charge < -0.3 is 14.3 Å². The lowest BCUT2D eigenvalue weighted by Crippen LogP contribution is -2.23. The van der Waals surface area contributed by atoms with Crippen molar-refractivity contribution in [1.82, 2.24) is 20.1 Å². The molecule has 0 spiro atoms. The lowest BCUT2D eigenvalue weighted by atomic mass is 10.1. The molecule has 0 radical (unpaired) electrons. The average molecular weight is 260 g/mol. The molecule has 0 aromatic carbocycles. The molecule has 0 amide bonds. The van der Waals surface area contributed by atoms with Crippen molar-refractivity contribution in [1.29, 1.82) is 0 Å². The van der Waals surface area contributed by atoms with E-state index in [1.807, 2.05) is 6.07 Å². The smallest absolute Gasteiger partial charge is 0.149 e. The molecule has 1 N–H and O–H groups in total. The topological polar surface area (TPSA) is 55.9 Å². The molecule has 5 heteroatoms. The highest BCUT2D eigenvalue weighted by Gasteiger charge is 2.19. The van der Waals surface area contributed by atoms with E-state index in [0.717, 1.165) is 36.9 Å². The first kappa shape index (κ1) is 12.4. The highest BCUT2D eigenvalue weighted by atomic mass is 16.3. The molecule has 1 aliphatic rings. The Balaban J connectivity index is 1.69. The van der Waals surface area contributed by atoms with Crippen LogP contribution in [0.2, 0.25) is 0 Å². The van der Waals surface area contributed by atoms with Gasteiger partial charge in [0.25, 0.3) is 0 Å². The molecule has 2 aromatic rings. The quantitative estimate of drug-likeness (QED) is 0.917. The molecular formula is C14H20N4O. The van der Waals surface area contributed by atoms with Crippen molar-refractivity contribution in [3.05, 3.63) is 35.3 Å². The Hall–Kier alpha value is -1.62. The minimum atomic E-state index is 0.184. The second-order valence-electron chi connectivity index (χ2n) is 5.21. The molecule has 0 saturated heterocycles. The van der Waals surface area contributed by atoms with E-state index in [1.54, 1.807) is 6.26 Å². The average Bonchev–Trinajstić information content (AvgIpc) is 3.02. The minimum absolute atomic E-state index is 0.184. The Bertz CT molecular complexity index is 558. The van der Waals surface area contributed by atoms with Crippen LogP contribution in [-0.2, 0) is 19.5 Å². The van der Waals surface area contributed by atoms with E-state index in [-0.39, 0.29) is 6.04 Å². The number of aryl methyl sites for hydroxylation is 2. The summed E-state index contributed by atoms with van der Waals surface area (Å²) in [5, 5.41) is 12.1. The van der Waals surface area contributed by atoms with E-state index in [2.05, 4.69) is 33.9 Å². The zero-order chi connectivity index (χ0) is 13.2. The van der Waals surface area contributed by atoms with Crippen LogP contribution in [0.4, 0.5) is 0 Å². The summed E-state index contributed by atoms with van der Waals surface area (Å²) >= 11 is 0. The molecule has 1 aliphatic heterocycles. The molecule has 1 atom stereocenters. The van der Waals surface area contributed by atoms with Gasteiger partial charge in [0.2, 0.25) is 0 Å². The van der Waals surface area contributed by atoms with Crippen molar-refractivity contribution in [3.8, 4) is 0 Å². The summed E-state index contributed by atoms with van der Waals surface area (Å²) in [6.07, 6.45) is 5.24. The maximum atomic E-state index is 5.44. The predicted molar refractivity (Wildman–Crippen MR) is 71.7 cm³/mol. The summed E-state index contributed by atoms with van der Waals surface area (Å²) in [5.41, 5.74) is 1.18. The van der Waals surface area contributed by atoms with E-state index in [1.165, 1.54) is 18.4 Å². The number of hydrogen-bond donors (Lipinski definition) is 1. The van der Waals surface area contributed by atoms with E-state index in [9.17, 15) is 0 Å². The van der Waals surface area contributed by atoms with Crippen LogP contribution in [0.3, 0.4) is 0 Å². The van der Waals surface area contributed by atoms with Crippen LogP contribution in [-0.4, -0.2) is 14.8 Å². The van der Waals surface area contributed by atoms with Crippen molar-refractivity contribution in [2.75, 3.05) is 0 Å². The van der Waals surface area contributed by atoms with E-state index in [4.69, 9.17) is 4.42 Å². The Labute approximate surface area is 113 Å². The molecule has 0 unspecified atom stereocenters. The summed E-state index contributed by atoms with van der Waals surface area (Å²) in [4.78, 5) is 0. The SMILES string of the molecule is Cc1ccoc1CN[C@@H](C)c1nnc2n1CCCC2. The summed E-state index contributed by atoms with van der Waals surface area (Å²) in [5.74, 6) is 3.16. The van der Waals surface area contributed by atoms with Crippen molar-refractivity contribution < 1.29 is 4.42 Å². The Kier molecular flexibility index (Phi) is 3.38. The van der Waals surface area contributed by atoms with Gasteiger partial charge in [0.15, 0.2) is 0 Å². The number of furan rings is 1. The van der Waals surface area contributed by atoms with Gasteiger partial charge in [0, 0.05) is 13.0 Å². The highest BCUT2D eigenvalue weighted by Crippen LogP contribution is 2.19. The maximum Gasteiger partial charge on any atom is 0.149 e. The van der Waals surface area contributed by atoms with Gasteiger partial charge in [-0.2, -0.15) is 0 Å². The summed E-state index contributed by atoms with van der Waals surface area (Å²) in [6.45, 7) is 5.96. The molecule has 3 heterocycles. The summed E-state index contributed by atoms with van der Waals surface area (Å²) < 4.78 is 7.70. The van der Waals surface area contributed by atoms with Gasteiger partial charge in [0.05, 0.1) is 18.8 Å². The van der Waals surface area contributed by atoms with Crippen molar-refractivity contribution in [2.24, 2.45) is 0 Å². The van der Waals surface area contributed by atoms with Gasteiger partial charge in [-0.15, -0.1) is 10.2 Å². The minimum Gasteiger partial charge on any atom is -0.468 e. The fourth-order valence-corrected chi connectivity index (χ4v) is 2.57. The Morgan fingerprint density at radius 2 is 2.32 bits per heavy atom. The van der Waals surface area contributed by atoms with Crippen LogP contribution in [0.25, 0.3) is 0 Å². The zero-order valence-electron chi connectivity index (χ0n) is 11.5. The first-order valence-corrected chi connectivity index (χ1v) is 6.94. The van der Waals surface area contributed by atoms with E-state index >= 15 is 0 Å². The fourth-order valence-electron chi connectivity index (χ4n) is 2.57. The summed E-state index contributed by atoms with van der Waals surface area (Å²) in [6, 6.07) is 2.17. The maximum absolute atomic E-state index is 5.44. The molecule has 0 fully saturated rings. The number of nitrogens with one attached hydrogen (secondary N) is 1. The third-order valence-corrected chi connectivity index (χ3v) is 3.81. The zero-order valence-corrected chi connectivity index (χ0v) is 11.5. The number of nitrogens with zero attached hydrogens (tertiary/aromatic N) is 3. The molecule has 102 valence electrons. The first-order chi connectivity index (χ1) is 9.25. The standard InChI is InChI=1S/C14H20N4O/c1-10-6-8-19-12(10)9-15-11(2)14-17-16-13-5-3-4-7-18(13)14/h6,8,11,15H,3-5,7,9H2,1-2H3/t11-/m0/s1. The second-order valence-corrected chi connectivity index (χ2v) is 5.21. The third-order valence-electron chi connectivity index (χ3n) is 3.81. The predicted octanol–water partition coefficient (Wildman–Crippen LogP) is 2.37. The number of hydrogen-bond acceptors (Lipinski definition) is 4. The van der Waals surface area contributed by atoms with Gasteiger partial charge in [0.1, 0.15) is 17.4 Å². The number of fused-ring (bicyclic) bond motifs is 1. The van der Waals surface area contributed by atoms with Crippen LogP contribution in [0, 0.1) is 6.92 Å². The molecule has 0 aliphatic carbocycles. The lowest BCUT2D eigenvalue weighted by Gasteiger charge is -2.18. The van der Waals surface area contributed by atoms with Crippen molar-refractivity contribution in [2.45, 2.75) is 52.2 Å². The van der Waals surface area contributed by atoms with Gasteiger partial charge in [-0.25, -0.2) is 0 Å². The molecular weight excluding hydrogens is 240 g/mol. The van der Waals surface area contributed by atoms with E-state index in [0.29, 0.717) is 0 Å². The Morgan fingerprint density at radius 3 is 3.11 bits per heavy atom. The first-order valence-electron chi connectivity index (χ1n) is 6.94. The third kappa shape index (κ3) is 2.42. The molecule has 5 nitrogen and oxygen atoms in total. The molecule has 19 heavy (non-hydrogen) atoms. The van der Waals surface area contributed by atoms with Crippen LogP contribution >= 0.6 is 0 Å². The monoisotopic (exact) mass is 260 g/mol. The van der Waals surface area contributed by atoms with Crippen LogP contribution in [0.15, 0.2) is 16.7 Å². The number of rotatable bonds is 4. The lowest BCUT2D eigenvalue weighted by molar-refractivity contribution is 0.431. The number of aromatic nitrogens is 3. The van der Waals surface area contributed by atoms with E-state index < -0.39 is 0 Å². The second kappa shape index (κ2) is 5.17. The van der Waals surface area contributed by atoms with Crippen LogP contribution in [0.1, 0.15) is 48.8 Å². The van der Waals surface area contributed by atoms with Crippen molar-refractivity contribution >= 4 is 0 Å². The van der Waals surface area contributed by atoms with Gasteiger partial charge in [-0.3, -0.25) is 0 Å². The molecule has 0 saturated carbocycles. The van der Waals surface area contributed by atoms with Gasteiger partial charge in [-0.1, -0.05) is 0 Å². The Morgan fingerprint density at radius 1 is 1.42 bits per heavy atom. The fraction of sp³-hybridized carbons (Fsp3) is 0.571. The van der Waals surface area contributed by atoms with Crippen LogP contribution in [0.5, 0.6) is 0 Å². The largest absolute Gasteiger partial charge is 0.468 e. The van der Waals surface area contributed by atoms with Gasteiger partial charge >= 0.3 is 0 Å². The normalized spacial score (nSPS) is 16.3. The molecule has 0 bridgehead atoms. The van der Waals surface area contributed by atoms with Crippen LogP contribution < -0.4 is 5.32 Å². The molecule has 2 aromatic heterocycles. The summed E-state index contributed by atoms with van der Waals surface area (Å²) in [7, 11) is 0.